The fourth-order valence-electron chi connectivity index (χ4n) is 0.631. The van der Waals surface area contributed by atoms with Crippen LogP contribution in [-0.2, 0) is 6.18 Å². The van der Waals surface area contributed by atoms with Crippen LogP contribution in [0.5, 0.6) is 0 Å². The minimum atomic E-state index is -4.56. The van der Waals surface area contributed by atoms with Gasteiger partial charge in [0.2, 0.25) is 0 Å². The van der Waals surface area contributed by atoms with Gasteiger partial charge in [0, 0.05) is 6.20 Å². The van der Waals surface area contributed by atoms with Gasteiger partial charge in [-0.1, -0.05) is 23.2 Å². The van der Waals surface area contributed by atoms with Gasteiger partial charge >= 0.3 is 6.18 Å². The smallest absolute Gasteiger partial charge is 0.251 e. The van der Waals surface area contributed by atoms with Gasteiger partial charge in [0.1, 0.15) is 6.20 Å². The number of hydrogen-bond acceptors (Lipinski definition) is 1. The van der Waals surface area contributed by atoms with Crippen molar-refractivity contribution in [1.82, 2.24) is 4.98 Å². The van der Waals surface area contributed by atoms with E-state index in [1.54, 1.807) is 0 Å². The normalized spacial score (nSPS) is 11.8. The zero-order chi connectivity index (χ0) is 9.35. The predicted octanol–water partition coefficient (Wildman–Crippen LogP) is 3.21. The molecule has 0 unspecified atom stereocenters. The number of nitrogens with zero attached hydrogens (tertiary/aromatic N) is 1. The highest BCUT2D eigenvalue weighted by Gasteiger charge is 2.36. The van der Waals surface area contributed by atoms with E-state index < -0.39 is 21.8 Å². The first-order chi connectivity index (χ1) is 5.43. The second-order valence-corrected chi connectivity index (χ2v) is 2.69. The molecule has 0 aliphatic rings. The van der Waals surface area contributed by atoms with Gasteiger partial charge in [-0.2, -0.15) is 13.2 Å². The summed E-state index contributed by atoms with van der Waals surface area (Å²) in [6, 6.07) is 0. The molecule has 1 radical (unpaired) electrons. The van der Waals surface area contributed by atoms with Crippen molar-refractivity contribution < 1.29 is 13.2 Å². The summed E-state index contributed by atoms with van der Waals surface area (Å²) in [5.41, 5.74) is -1.10. The van der Waals surface area contributed by atoms with Crippen molar-refractivity contribution in [1.29, 1.82) is 0 Å². The molecule has 0 amide bonds. The van der Waals surface area contributed by atoms with Crippen LogP contribution < -0.4 is 0 Å². The van der Waals surface area contributed by atoms with Crippen LogP contribution in [0.4, 0.5) is 13.2 Å². The number of rotatable bonds is 0. The first-order valence-electron chi connectivity index (χ1n) is 2.72. The Morgan fingerprint density at radius 1 is 1.33 bits per heavy atom. The van der Waals surface area contributed by atoms with Crippen molar-refractivity contribution in [2.75, 3.05) is 0 Å². The molecule has 12 heavy (non-hydrogen) atoms. The Morgan fingerprint density at radius 2 is 1.92 bits per heavy atom. The standard InChI is InChI=1S/C6HCl2F3N/c7-3-1-12-2-4(8)5(3)6(9,10)11/h1H. The third-order valence-electron chi connectivity index (χ3n) is 1.08. The Balaban J connectivity index is 3.31. The molecule has 6 heteroatoms. The van der Waals surface area contributed by atoms with Crippen LogP contribution in [0.1, 0.15) is 5.56 Å². The van der Waals surface area contributed by atoms with Crippen molar-refractivity contribution in [3.63, 3.8) is 0 Å². The SMILES string of the molecule is FC(F)(F)c1c(Cl)[c]ncc1Cl. The van der Waals surface area contributed by atoms with Crippen molar-refractivity contribution in [3.05, 3.63) is 28.0 Å². The molecule has 0 bridgehead atoms. The summed E-state index contributed by atoms with van der Waals surface area (Å²) in [5.74, 6) is 0. The Kier molecular flexibility index (Phi) is 2.49. The fourth-order valence-corrected chi connectivity index (χ4v) is 1.19. The van der Waals surface area contributed by atoms with Crippen molar-refractivity contribution in [3.8, 4) is 0 Å². The molecule has 0 aliphatic heterocycles. The molecule has 0 spiro atoms. The van der Waals surface area contributed by atoms with Crippen molar-refractivity contribution >= 4 is 23.2 Å². The van der Waals surface area contributed by atoms with Crippen LogP contribution in [-0.4, -0.2) is 4.98 Å². The zero-order valence-electron chi connectivity index (χ0n) is 5.41. The average molecular weight is 215 g/mol. The summed E-state index contributed by atoms with van der Waals surface area (Å²) in [6.45, 7) is 0. The van der Waals surface area contributed by atoms with Crippen LogP contribution in [0.15, 0.2) is 6.20 Å². The van der Waals surface area contributed by atoms with E-state index in [2.05, 4.69) is 4.98 Å². The highest BCUT2D eigenvalue weighted by atomic mass is 35.5. The van der Waals surface area contributed by atoms with Crippen LogP contribution >= 0.6 is 23.2 Å². The molecular weight excluding hydrogens is 214 g/mol. The first-order valence-corrected chi connectivity index (χ1v) is 3.47. The number of halogens is 5. The lowest BCUT2D eigenvalue weighted by molar-refractivity contribution is -0.137. The van der Waals surface area contributed by atoms with Crippen LogP contribution in [0, 0.1) is 6.20 Å². The van der Waals surface area contributed by atoms with E-state index in [0.29, 0.717) is 0 Å². The van der Waals surface area contributed by atoms with Gasteiger partial charge in [0.25, 0.3) is 0 Å². The second-order valence-electron chi connectivity index (χ2n) is 1.90. The predicted molar refractivity (Wildman–Crippen MR) is 38.1 cm³/mol. The minimum absolute atomic E-state index is 0.522. The molecule has 1 aromatic rings. The summed E-state index contributed by atoms with van der Waals surface area (Å²) < 4.78 is 36.3. The average Bonchev–Trinajstić information content (AvgIpc) is 1.82. The van der Waals surface area contributed by atoms with E-state index in [1.807, 2.05) is 6.20 Å². The van der Waals surface area contributed by atoms with E-state index in [1.165, 1.54) is 0 Å². The molecule has 1 heterocycles. The molecule has 1 nitrogen and oxygen atoms in total. The Labute approximate surface area is 76.1 Å². The van der Waals surface area contributed by atoms with Gasteiger partial charge in [-0.05, 0) is 0 Å². The second kappa shape index (κ2) is 3.11. The maximum atomic E-state index is 12.1. The zero-order valence-corrected chi connectivity index (χ0v) is 6.93. The van der Waals surface area contributed by atoms with Gasteiger partial charge in [-0.3, -0.25) is 4.98 Å². The van der Waals surface area contributed by atoms with Gasteiger partial charge in [-0.15, -0.1) is 0 Å². The monoisotopic (exact) mass is 214 g/mol. The fraction of sp³-hybridized carbons (Fsp3) is 0.167. The van der Waals surface area contributed by atoms with E-state index in [-0.39, 0.29) is 0 Å². The third-order valence-corrected chi connectivity index (χ3v) is 1.64. The largest absolute Gasteiger partial charge is 0.419 e. The van der Waals surface area contributed by atoms with E-state index >= 15 is 0 Å². The molecule has 0 aliphatic carbocycles. The maximum absolute atomic E-state index is 12.1. The number of pyridine rings is 1. The van der Waals surface area contributed by atoms with E-state index in [9.17, 15) is 13.2 Å². The van der Waals surface area contributed by atoms with Gasteiger partial charge in [0.15, 0.2) is 0 Å². The molecule has 0 N–H and O–H groups in total. The summed E-state index contributed by atoms with van der Waals surface area (Å²) in [5, 5.41) is -1.14. The van der Waals surface area contributed by atoms with Gasteiger partial charge in [0.05, 0.1) is 15.6 Å². The quantitative estimate of drug-likeness (QED) is 0.647. The highest BCUT2D eigenvalue weighted by Crippen LogP contribution is 2.38. The Morgan fingerprint density at radius 3 is 2.25 bits per heavy atom. The lowest BCUT2D eigenvalue weighted by atomic mass is 10.2. The molecule has 65 valence electrons. The molecule has 0 aromatic carbocycles. The molecular formula is C6HCl2F3N. The molecule has 0 atom stereocenters. The third kappa shape index (κ3) is 1.81. The van der Waals surface area contributed by atoms with Gasteiger partial charge in [-0.25, -0.2) is 0 Å². The summed E-state index contributed by atoms with van der Waals surface area (Å²) in [6.07, 6.45) is -1.76. The minimum Gasteiger partial charge on any atom is -0.251 e. The van der Waals surface area contributed by atoms with Crippen molar-refractivity contribution in [2.24, 2.45) is 0 Å². The van der Waals surface area contributed by atoms with Crippen LogP contribution in [0.25, 0.3) is 0 Å². The van der Waals surface area contributed by atoms with E-state index in [0.717, 1.165) is 6.20 Å². The topological polar surface area (TPSA) is 12.9 Å². The molecule has 0 saturated heterocycles. The Bertz CT molecular complexity index is 277. The van der Waals surface area contributed by atoms with Crippen LogP contribution in [0.2, 0.25) is 10.0 Å². The first kappa shape index (κ1) is 9.61. The highest BCUT2D eigenvalue weighted by molar-refractivity contribution is 6.35. The molecule has 1 aromatic heterocycles. The number of aromatic nitrogens is 1. The summed E-state index contributed by atoms with van der Waals surface area (Å²) in [4.78, 5) is 3.27. The maximum Gasteiger partial charge on any atom is 0.419 e. The lowest BCUT2D eigenvalue weighted by Gasteiger charge is -2.08. The number of hydrogen-bond donors (Lipinski definition) is 0. The van der Waals surface area contributed by atoms with Crippen molar-refractivity contribution in [2.45, 2.75) is 6.18 Å². The lowest BCUT2D eigenvalue weighted by Crippen LogP contribution is -2.07. The Hall–Kier alpha value is -0.480. The van der Waals surface area contributed by atoms with Gasteiger partial charge < -0.3 is 0 Å². The number of alkyl halides is 3. The van der Waals surface area contributed by atoms with Crippen LogP contribution in [0.3, 0.4) is 0 Å². The summed E-state index contributed by atoms with van der Waals surface area (Å²) in [7, 11) is 0. The molecule has 0 saturated carbocycles. The van der Waals surface area contributed by atoms with E-state index in [4.69, 9.17) is 23.2 Å². The molecule has 0 fully saturated rings. The molecule has 1 rings (SSSR count). The summed E-state index contributed by atoms with van der Waals surface area (Å²) >= 11 is 10.4.